The third-order valence-corrected chi connectivity index (χ3v) is 3.02. The molecule has 1 aromatic rings. The van der Waals surface area contributed by atoms with Gasteiger partial charge in [0.1, 0.15) is 0 Å². The number of nitrogens with one attached hydrogen (secondary N) is 1. The zero-order chi connectivity index (χ0) is 15.5. The van der Waals surface area contributed by atoms with Crippen molar-refractivity contribution in [3.05, 3.63) is 29.6 Å². The van der Waals surface area contributed by atoms with Crippen molar-refractivity contribution in [1.29, 1.82) is 0 Å². The van der Waals surface area contributed by atoms with Crippen LogP contribution in [0.4, 0.5) is 0 Å². The molecule has 1 heterocycles. The lowest BCUT2D eigenvalue weighted by atomic mass is 10.1. The van der Waals surface area contributed by atoms with E-state index < -0.39 is 0 Å². The Hall–Kier alpha value is -1.86. The van der Waals surface area contributed by atoms with E-state index in [2.05, 4.69) is 36.0 Å². The molecule has 0 fully saturated rings. The highest BCUT2D eigenvalue weighted by Gasteiger charge is 2.09. The SMILES string of the molecule is CC(C)CCCCNC(=O)c1ccncc1C#CCCO. The van der Waals surface area contributed by atoms with E-state index in [0.717, 1.165) is 12.8 Å². The van der Waals surface area contributed by atoms with Crippen LogP contribution in [-0.2, 0) is 0 Å². The normalized spacial score (nSPS) is 10.1. The lowest BCUT2D eigenvalue weighted by Gasteiger charge is -2.07. The van der Waals surface area contributed by atoms with Gasteiger partial charge in [0, 0.05) is 25.4 Å². The minimum Gasteiger partial charge on any atom is -0.395 e. The second-order valence-electron chi connectivity index (χ2n) is 5.34. The van der Waals surface area contributed by atoms with Crippen LogP contribution in [0.5, 0.6) is 0 Å². The van der Waals surface area contributed by atoms with Gasteiger partial charge < -0.3 is 10.4 Å². The summed E-state index contributed by atoms with van der Waals surface area (Å²) in [4.78, 5) is 16.1. The van der Waals surface area contributed by atoms with E-state index in [1.54, 1.807) is 18.5 Å². The summed E-state index contributed by atoms with van der Waals surface area (Å²) >= 11 is 0. The number of aromatic nitrogens is 1. The summed E-state index contributed by atoms with van der Waals surface area (Å²) in [5.41, 5.74) is 1.14. The van der Waals surface area contributed by atoms with Gasteiger partial charge in [-0.2, -0.15) is 0 Å². The quantitative estimate of drug-likeness (QED) is 0.598. The Balaban J connectivity index is 2.52. The fraction of sp³-hybridized carbons (Fsp3) is 0.529. The Labute approximate surface area is 127 Å². The summed E-state index contributed by atoms with van der Waals surface area (Å²) in [7, 11) is 0. The lowest BCUT2D eigenvalue weighted by molar-refractivity contribution is 0.0952. The van der Waals surface area contributed by atoms with Gasteiger partial charge in [-0.05, 0) is 18.4 Å². The van der Waals surface area contributed by atoms with E-state index in [9.17, 15) is 4.79 Å². The molecule has 114 valence electrons. The fourth-order valence-corrected chi connectivity index (χ4v) is 1.88. The molecule has 21 heavy (non-hydrogen) atoms. The first kappa shape index (κ1) is 17.2. The van der Waals surface area contributed by atoms with Crippen LogP contribution in [0.1, 0.15) is 55.5 Å². The van der Waals surface area contributed by atoms with Crippen molar-refractivity contribution in [3.8, 4) is 11.8 Å². The number of aliphatic hydroxyl groups excluding tert-OH is 1. The first-order chi connectivity index (χ1) is 10.1. The average Bonchev–Trinajstić information content (AvgIpc) is 2.47. The van der Waals surface area contributed by atoms with Crippen molar-refractivity contribution in [3.63, 3.8) is 0 Å². The zero-order valence-electron chi connectivity index (χ0n) is 12.9. The Morgan fingerprint density at radius 3 is 2.95 bits per heavy atom. The van der Waals surface area contributed by atoms with Crippen molar-refractivity contribution in [2.75, 3.05) is 13.2 Å². The van der Waals surface area contributed by atoms with Gasteiger partial charge in [0.05, 0.1) is 17.7 Å². The third kappa shape index (κ3) is 6.92. The smallest absolute Gasteiger partial charge is 0.252 e. The van der Waals surface area contributed by atoms with E-state index >= 15 is 0 Å². The van der Waals surface area contributed by atoms with Crippen molar-refractivity contribution in [2.24, 2.45) is 5.92 Å². The van der Waals surface area contributed by atoms with Crippen LogP contribution in [0, 0.1) is 17.8 Å². The first-order valence-corrected chi connectivity index (χ1v) is 7.47. The van der Waals surface area contributed by atoms with Gasteiger partial charge in [-0.1, -0.05) is 38.5 Å². The van der Waals surface area contributed by atoms with Crippen LogP contribution < -0.4 is 5.32 Å². The topological polar surface area (TPSA) is 62.2 Å². The standard InChI is InChI=1S/C17H24N2O2/c1-14(2)7-3-5-10-19-17(21)16-9-11-18-13-15(16)8-4-6-12-20/h9,11,13-14,20H,3,5-7,10,12H2,1-2H3,(H,19,21). The number of unbranched alkanes of at least 4 members (excludes halogenated alkanes) is 1. The number of aliphatic hydroxyl groups is 1. The summed E-state index contributed by atoms with van der Waals surface area (Å²) < 4.78 is 0. The second-order valence-corrected chi connectivity index (χ2v) is 5.34. The number of nitrogens with zero attached hydrogens (tertiary/aromatic N) is 1. The van der Waals surface area contributed by atoms with Gasteiger partial charge in [-0.3, -0.25) is 9.78 Å². The van der Waals surface area contributed by atoms with Crippen LogP contribution in [0.2, 0.25) is 0 Å². The van der Waals surface area contributed by atoms with Crippen molar-refractivity contribution >= 4 is 5.91 Å². The summed E-state index contributed by atoms with van der Waals surface area (Å²) in [5.74, 6) is 6.28. The monoisotopic (exact) mass is 288 g/mol. The van der Waals surface area contributed by atoms with E-state index in [-0.39, 0.29) is 12.5 Å². The van der Waals surface area contributed by atoms with Crippen molar-refractivity contribution in [1.82, 2.24) is 10.3 Å². The molecule has 0 aliphatic carbocycles. The third-order valence-electron chi connectivity index (χ3n) is 3.02. The molecule has 0 radical (unpaired) electrons. The Bertz CT molecular complexity index is 501. The molecule has 1 rings (SSSR count). The molecular weight excluding hydrogens is 264 g/mol. The summed E-state index contributed by atoms with van der Waals surface area (Å²) in [6, 6.07) is 1.67. The Morgan fingerprint density at radius 2 is 2.24 bits per heavy atom. The molecule has 0 aliphatic heterocycles. The van der Waals surface area contributed by atoms with Gasteiger partial charge in [-0.25, -0.2) is 0 Å². The van der Waals surface area contributed by atoms with Gasteiger partial charge >= 0.3 is 0 Å². The highest BCUT2D eigenvalue weighted by Crippen LogP contribution is 2.07. The highest BCUT2D eigenvalue weighted by molar-refractivity contribution is 5.96. The number of carbonyl (C=O) groups is 1. The first-order valence-electron chi connectivity index (χ1n) is 7.47. The van der Waals surface area contributed by atoms with Gasteiger partial charge in [0.15, 0.2) is 0 Å². The molecule has 0 saturated heterocycles. The molecule has 2 N–H and O–H groups in total. The molecule has 0 saturated carbocycles. The van der Waals surface area contributed by atoms with Crippen LogP contribution in [0.15, 0.2) is 18.5 Å². The number of rotatable bonds is 7. The van der Waals surface area contributed by atoms with E-state index in [1.807, 2.05) is 0 Å². The Morgan fingerprint density at radius 1 is 1.43 bits per heavy atom. The summed E-state index contributed by atoms with van der Waals surface area (Å²) in [5, 5.41) is 11.7. The van der Waals surface area contributed by atoms with Gasteiger partial charge in [0.25, 0.3) is 5.91 Å². The van der Waals surface area contributed by atoms with Crippen LogP contribution in [-0.4, -0.2) is 29.1 Å². The molecule has 0 bridgehead atoms. The lowest BCUT2D eigenvalue weighted by Crippen LogP contribution is -2.25. The molecule has 1 aromatic heterocycles. The molecule has 0 unspecified atom stereocenters. The maximum atomic E-state index is 12.1. The molecule has 0 atom stereocenters. The van der Waals surface area contributed by atoms with E-state index in [0.29, 0.717) is 30.0 Å². The minimum atomic E-state index is -0.116. The molecule has 4 heteroatoms. The molecular formula is C17H24N2O2. The predicted octanol–water partition coefficient (Wildman–Crippen LogP) is 2.37. The maximum Gasteiger partial charge on any atom is 0.252 e. The molecule has 0 aromatic carbocycles. The Kier molecular flexibility index (Phi) is 8.15. The van der Waals surface area contributed by atoms with Crippen LogP contribution >= 0.6 is 0 Å². The largest absolute Gasteiger partial charge is 0.395 e. The predicted molar refractivity (Wildman–Crippen MR) is 83.8 cm³/mol. The van der Waals surface area contributed by atoms with E-state index in [1.165, 1.54) is 6.42 Å². The number of amides is 1. The highest BCUT2D eigenvalue weighted by atomic mass is 16.2. The fourth-order valence-electron chi connectivity index (χ4n) is 1.88. The van der Waals surface area contributed by atoms with Gasteiger partial charge in [-0.15, -0.1) is 0 Å². The number of pyridine rings is 1. The molecule has 1 amide bonds. The van der Waals surface area contributed by atoms with Crippen molar-refractivity contribution < 1.29 is 9.90 Å². The average molecular weight is 288 g/mol. The number of carbonyl (C=O) groups excluding carboxylic acids is 1. The maximum absolute atomic E-state index is 12.1. The molecule has 4 nitrogen and oxygen atoms in total. The zero-order valence-corrected chi connectivity index (χ0v) is 12.9. The van der Waals surface area contributed by atoms with E-state index in [4.69, 9.17) is 5.11 Å². The van der Waals surface area contributed by atoms with Crippen LogP contribution in [0.3, 0.4) is 0 Å². The summed E-state index contributed by atoms with van der Waals surface area (Å²) in [6.07, 6.45) is 6.86. The van der Waals surface area contributed by atoms with Crippen molar-refractivity contribution in [2.45, 2.75) is 39.5 Å². The van der Waals surface area contributed by atoms with Gasteiger partial charge in [0.2, 0.25) is 0 Å². The number of hydrogen-bond donors (Lipinski definition) is 2. The minimum absolute atomic E-state index is 0.0185. The second kappa shape index (κ2) is 9.95. The molecule has 0 aliphatic rings. The summed E-state index contributed by atoms with van der Waals surface area (Å²) in [6.45, 7) is 5.10. The molecule has 0 spiro atoms. The van der Waals surface area contributed by atoms with Crippen LogP contribution in [0.25, 0.3) is 0 Å². The number of hydrogen-bond acceptors (Lipinski definition) is 3.